The van der Waals surface area contributed by atoms with Gasteiger partial charge >= 0.3 is 0 Å². The number of rotatable bonds is 8. The summed E-state index contributed by atoms with van der Waals surface area (Å²) in [6.45, 7) is 2.33. The highest BCUT2D eigenvalue weighted by Crippen LogP contribution is 2.35. The molecular weight excluding hydrogens is 514 g/mol. The van der Waals surface area contributed by atoms with Crippen LogP contribution in [0.3, 0.4) is 0 Å². The van der Waals surface area contributed by atoms with Crippen LogP contribution in [-0.2, 0) is 25.6 Å². The maximum absolute atomic E-state index is 12.8. The Morgan fingerprint density at radius 1 is 1.47 bits per heavy atom. The Labute approximate surface area is 204 Å². The van der Waals surface area contributed by atoms with E-state index < -0.39 is 0 Å². The van der Waals surface area contributed by atoms with Crippen molar-refractivity contribution in [3.63, 3.8) is 0 Å². The number of thioether (sulfide) groups is 1. The molecule has 3 heterocycles. The second-order valence-electron chi connectivity index (χ2n) is 7.64. The van der Waals surface area contributed by atoms with Crippen LogP contribution in [0.5, 0.6) is 0 Å². The standard InChI is InChI=1S/C22H24BrN3O4S2/c1-29-8-6-26-21(28)19(32-22(26)31)9-14-12-25(18-5-4-15(23)10-17(14)18)13-20(27)24-11-16-3-2-7-30-16/h4-5,9-10,12,16H,2-3,6-8,11,13H2,1H3,(H,24,27)/b19-9-/t16-/m1/s1. The third kappa shape index (κ3) is 5.26. The van der Waals surface area contributed by atoms with Crippen LogP contribution in [0.1, 0.15) is 18.4 Å². The van der Waals surface area contributed by atoms with Crippen molar-refractivity contribution < 1.29 is 19.1 Å². The summed E-state index contributed by atoms with van der Waals surface area (Å²) >= 11 is 10.2. The minimum absolute atomic E-state index is 0.0715. The van der Waals surface area contributed by atoms with Gasteiger partial charge in [-0.05, 0) is 37.1 Å². The van der Waals surface area contributed by atoms with Crippen LogP contribution in [0.2, 0.25) is 0 Å². The van der Waals surface area contributed by atoms with Gasteiger partial charge in [0.05, 0.1) is 24.2 Å². The van der Waals surface area contributed by atoms with Crippen LogP contribution in [0.4, 0.5) is 0 Å². The van der Waals surface area contributed by atoms with Crippen LogP contribution in [0.25, 0.3) is 17.0 Å². The first-order valence-corrected chi connectivity index (χ1v) is 12.4. The molecular formula is C22H24BrN3O4S2. The zero-order valence-corrected chi connectivity index (χ0v) is 20.9. The number of fused-ring (bicyclic) bond motifs is 1. The molecule has 0 bridgehead atoms. The summed E-state index contributed by atoms with van der Waals surface area (Å²) in [6, 6.07) is 5.90. The number of nitrogens with zero attached hydrogens (tertiary/aromatic N) is 2. The number of amides is 2. The first kappa shape index (κ1) is 23.4. The second-order valence-corrected chi connectivity index (χ2v) is 10.2. The van der Waals surface area contributed by atoms with Crippen LogP contribution < -0.4 is 5.32 Å². The molecule has 0 saturated carbocycles. The highest BCUT2D eigenvalue weighted by atomic mass is 79.9. The number of methoxy groups -OCH3 is 1. The van der Waals surface area contributed by atoms with Gasteiger partial charge in [0.2, 0.25) is 5.91 Å². The minimum Gasteiger partial charge on any atom is -0.383 e. The van der Waals surface area contributed by atoms with E-state index in [1.54, 1.807) is 12.0 Å². The van der Waals surface area contributed by atoms with Crippen molar-refractivity contribution in [3.05, 3.63) is 39.3 Å². The molecule has 10 heteroatoms. The Bertz CT molecular complexity index is 1080. The smallest absolute Gasteiger partial charge is 0.266 e. The molecule has 0 unspecified atom stereocenters. The molecule has 7 nitrogen and oxygen atoms in total. The van der Waals surface area contributed by atoms with Gasteiger partial charge in [0.1, 0.15) is 10.9 Å². The third-order valence-corrected chi connectivity index (χ3v) is 7.29. The minimum atomic E-state index is -0.123. The van der Waals surface area contributed by atoms with Gasteiger partial charge in [-0.1, -0.05) is 39.9 Å². The molecule has 2 aliphatic rings. The number of nitrogens with one attached hydrogen (secondary N) is 1. The molecule has 0 aliphatic carbocycles. The van der Waals surface area contributed by atoms with Crippen molar-refractivity contribution in [2.75, 3.05) is 33.4 Å². The molecule has 2 aliphatic heterocycles. The molecule has 2 fully saturated rings. The Morgan fingerprint density at radius 2 is 2.31 bits per heavy atom. The molecule has 32 heavy (non-hydrogen) atoms. The number of hydrogen-bond donors (Lipinski definition) is 1. The van der Waals surface area contributed by atoms with E-state index in [9.17, 15) is 9.59 Å². The maximum Gasteiger partial charge on any atom is 0.266 e. The van der Waals surface area contributed by atoms with E-state index in [2.05, 4.69) is 21.2 Å². The normalized spacial score (nSPS) is 20.1. The summed E-state index contributed by atoms with van der Waals surface area (Å²) in [5.74, 6) is -0.194. The van der Waals surface area contributed by atoms with Gasteiger partial charge in [-0.2, -0.15) is 0 Å². The van der Waals surface area contributed by atoms with Crippen LogP contribution in [0, 0.1) is 0 Å². The van der Waals surface area contributed by atoms with Crippen molar-refractivity contribution in [2.45, 2.75) is 25.5 Å². The van der Waals surface area contributed by atoms with Crippen molar-refractivity contribution >= 4 is 73.0 Å². The van der Waals surface area contributed by atoms with Gasteiger partial charge < -0.3 is 19.4 Å². The highest BCUT2D eigenvalue weighted by molar-refractivity contribution is 9.10. The van der Waals surface area contributed by atoms with Crippen molar-refractivity contribution in [3.8, 4) is 0 Å². The number of halogens is 1. The average Bonchev–Trinajstić information content (AvgIpc) is 3.46. The average molecular weight is 538 g/mol. The van der Waals surface area contributed by atoms with Crippen LogP contribution >= 0.6 is 39.9 Å². The summed E-state index contributed by atoms with van der Waals surface area (Å²) in [6.07, 6.45) is 5.88. The largest absolute Gasteiger partial charge is 0.383 e. The summed E-state index contributed by atoms with van der Waals surface area (Å²) in [5, 5.41) is 3.92. The predicted molar refractivity (Wildman–Crippen MR) is 133 cm³/mol. The Kier molecular flexibility index (Phi) is 7.67. The van der Waals surface area contributed by atoms with Crippen molar-refractivity contribution in [1.29, 1.82) is 0 Å². The molecule has 0 spiro atoms. The summed E-state index contributed by atoms with van der Waals surface area (Å²) in [7, 11) is 1.59. The van der Waals surface area contributed by atoms with E-state index in [-0.39, 0.29) is 24.5 Å². The fourth-order valence-electron chi connectivity index (χ4n) is 3.80. The third-order valence-electron chi connectivity index (χ3n) is 5.42. The number of ether oxygens (including phenoxy) is 2. The van der Waals surface area contributed by atoms with Gasteiger partial charge in [-0.3, -0.25) is 14.5 Å². The first-order chi connectivity index (χ1) is 15.5. The Morgan fingerprint density at radius 3 is 3.06 bits per heavy atom. The zero-order chi connectivity index (χ0) is 22.7. The lowest BCUT2D eigenvalue weighted by Crippen LogP contribution is -2.34. The number of carbonyl (C=O) groups is 2. The maximum atomic E-state index is 12.8. The number of benzene rings is 1. The highest BCUT2D eigenvalue weighted by Gasteiger charge is 2.32. The van der Waals surface area contributed by atoms with E-state index in [0.29, 0.717) is 28.9 Å². The molecule has 1 aromatic heterocycles. The molecule has 2 aromatic rings. The van der Waals surface area contributed by atoms with E-state index in [4.69, 9.17) is 21.7 Å². The van der Waals surface area contributed by atoms with E-state index in [1.807, 2.05) is 35.0 Å². The van der Waals surface area contributed by atoms with Gasteiger partial charge in [0.25, 0.3) is 5.91 Å². The fourth-order valence-corrected chi connectivity index (χ4v) is 5.46. The Balaban J connectivity index is 1.56. The lowest BCUT2D eigenvalue weighted by Gasteiger charge is -2.12. The summed E-state index contributed by atoms with van der Waals surface area (Å²) in [4.78, 5) is 27.5. The molecule has 0 radical (unpaired) electrons. The van der Waals surface area contributed by atoms with Gasteiger partial charge in [0, 0.05) is 47.4 Å². The molecule has 2 amide bonds. The summed E-state index contributed by atoms with van der Waals surface area (Å²) < 4.78 is 14.0. The number of aromatic nitrogens is 1. The Hall–Kier alpha value is -1.72. The van der Waals surface area contributed by atoms with E-state index in [1.165, 1.54) is 11.8 Å². The number of thiocarbonyl (C=S) groups is 1. The zero-order valence-electron chi connectivity index (χ0n) is 17.6. The van der Waals surface area contributed by atoms with Crippen LogP contribution in [0.15, 0.2) is 33.8 Å². The van der Waals surface area contributed by atoms with Crippen molar-refractivity contribution in [1.82, 2.24) is 14.8 Å². The fraction of sp³-hybridized carbons (Fsp3) is 0.409. The molecule has 4 rings (SSSR count). The van der Waals surface area contributed by atoms with Gasteiger partial charge in [0.15, 0.2) is 0 Å². The molecule has 170 valence electrons. The molecule has 1 atom stereocenters. The first-order valence-electron chi connectivity index (χ1n) is 10.4. The number of hydrogen-bond acceptors (Lipinski definition) is 6. The van der Waals surface area contributed by atoms with E-state index >= 15 is 0 Å². The predicted octanol–water partition coefficient (Wildman–Crippen LogP) is 3.55. The molecule has 2 saturated heterocycles. The lowest BCUT2D eigenvalue weighted by atomic mass is 10.1. The monoisotopic (exact) mass is 537 g/mol. The van der Waals surface area contributed by atoms with E-state index in [0.717, 1.165) is 40.4 Å². The van der Waals surface area contributed by atoms with Gasteiger partial charge in [-0.25, -0.2) is 0 Å². The topological polar surface area (TPSA) is 72.8 Å². The quantitative estimate of drug-likeness (QED) is 0.410. The number of carbonyl (C=O) groups excluding carboxylic acids is 2. The van der Waals surface area contributed by atoms with Crippen molar-refractivity contribution in [2.24, 2.45) is 0 Å². The SMILES string of the molecule is COCCN1C(=O)/C(=C/c2cn(CC(=O)NC[C@H]3CCCO3)c3ccc(Br)cc23)SC1=S. The van der Waals surface area contributed by atoms with Crippen LogP contribution in [-0.4, -0.2) is 65.1 Å². The molecule has 1 N–H and O–H groups in total. The second kappa shape index (κ2) is 10.5. The van der Waals surface area contributed by atoms with Gasteiger partial charge in [-0.15, -0.1) is 0 Å². The lowest BCUT2D eigenvalue weighted by molar-refractivity contribution is -0.123. The summed E-state index contributed by atoms with van der Waals surface area (Å²) in [5.41, 5.74) is 1.78. The molecule has 1 aromatic carbocycles.